The molecule has 7 heteroatoms. The van der Waals surface area contributed by atoms with Crippen LogP contribution in [-0.4, -0.2) is 15.9 Å². The molecule has 128 valence electrons. The number of halogens is 1. The number of hydrogen-bond acceptors (Lipinski definition) is 5. The molecule has 25 heavy (non-hydrogen) atoms. The lowest BCUT2D eigenvalue weighted by molar-refractivity contribution is 0.0942. The molecule has 0 spiro atoms. The predicted molar refractivity (Wildman–Crippen MR) is 96.1 cm³/mol. The second-order valence-electron chi connectivity index (χ2n) is 5.49. The van der Waals surface area contributed by atoms with Gasteiger partial charge in [0.05, 0.1) is 12.8 Å². The summed E-state index contributed by atoms with van der Waals surface area (Å²) in [4.78, 5) is 20.8. The zero-order valence-corrected chi connectivity index (χ0v) is 14.6. The average molecular weight is 357 g/mol. The van der Waals surface area contributed by atoms with E-state index in [0.29, 0.717) is 29.0 Å². The summed E-state index contributed by atoms with van der Waals surface area (Å²) in [6.07, 6.45) is 1.56. The third-order valence-corrected chi connectivity index (χ3v) is 4.01. The number of aryl methyl sites for hydroxylation is 1. The highest BCUT2D eigenvalue weighted by molar-refractivity contribution is 6.31. The van der Waals surface area contributed by atoms with Crippen molar-refractivity contribution in [3.8, 4) is 0 Å². The molecule has 2 aromatic heterocycles. The zero-order chi connectivity index (χ0) is 17.8. The topological polar surface area (TPSA) is 80.0 Å². The molecule has 0 unspecified atom stereocenters. The van der Waals surface area contributed by atoms with Crippen molar-refractivity contribution in [1.82, 2.24) is 15.3 Å². The molecule has 0 aliphatic rings. The number of hydrogen-bond donors (Lipinski definition) is 2. The van der Waals surface area contributed by atoms with Crippen molar-refractivity contribution in [3.05, 3.63) is 70.5 Å². The molecular formula is C18H17ClN4O2. The molecule has 6 nitrogen and oxygen atoms in total. The van der Waals surface area contributed by atoms with Crippen molar-refractivity contribution in [1.29, 1.82) is 0 Å². The van der Waals surface area contributed by atoms with Crippen LogP contribution in [0.1, 0.15) is 27.6 Å². The maximum Gasteiger partial charge on any atom is 0.270 e. The first-order chi connectivity index (χ1) is 12.0. The van der Waals surface area contributed by atoms with E-state index >= 15 is 0 Å². The highest BCUT2D eigenvalue weighted by Gasteiger charge is 2.12. The summed E-state index contributed by atoms with van der Waals surface area (Å²) in [5, 5.41) is 6.61. The SMILES string of the molecule is Cc1nc(Nc2cccc(Cl)c2C)cc(C(=O)NCc2ccco2)n1. The number of amides is 1. The van der Waals surface area contributed by atoms with Crippen molar-refractivity contribution in [2.45, 2.75) is 20.4 Å². The summed E-state index contributed by atoms with van der Waals surface area (Å²) in [7, 11) is 0. The summed E-state index contributed by atoms with van der Waals surface area (Å²) in [6.45, 7) is 3.94. The Labute approximate surface area is 150 Å². The van der Waals surface area contributed by atoms with Crippen molar-refractivity contribution in [2.24, 2.45) is 0 Å². The lowest BCUT2D eigenvalue weighted by Gasteiger charge is -2.11. The fourth-order valence-electron chi connectivity index (χ4n) is 2.30. The third-order valence-electron chi connectivity index (χ3n) is 3.60. The average Bonchev–Trinajstić information content (AvgIpc) is 3.10. The molecule has 2 N–H and O–H groups in total. The minimum absolute atomic E-state index is 0.279. The van der Waals surface area contributed by atoms with Crippen LogP contribution in [0.25, 0.3) is 0 Å². The molecule has 0 aliphatic carbocycles. The van der Waals surface area contributed by atoms with Crippen molar-refractivity contribution < 1.29 is 9.21 Å². The monoisotopic (exact) mass is 356 g/mol. The summed E-state index contributed by atoms with van der Waals surface area (Å²) in [6, 6.07) is 10.7. The Hall–Kier alpha value is -2.86. The van der Waals surface area contributed by atoms with E-state index in [-0.39, 0.29) is 11.6 Å². The fraction of sp³-hybridized carbons (Fsp3) is 0.167. The Morgan fingerprint density at radius 3 is 2.80 bits per heavy atom. The molecular weight excluding hydrogens is 340 g/mol. The number of nitrogens with one attached hydrogen (secondary N) is 2. The van der Waals surface area contributed by atoms with Crippen LogP contribution in [0.15, 0.2) is 47.1 Å². The lowest BCUT2D eigenvalue weighted by Crippen LogP contribution is -2.24. The van der Waals surface area contributed by atoms with Gasteiger partial charge in [0.25, 0.3) is 5.91 Å². The van der Waals surface area contributed by atoms with Gasteiger partial charge in [0.15, 0.2) is 0 Å². The first-order valence-corrected chi connectivity index (χ1v) is 8.09. The summed E-state index contributed by atoms with van der Waals surface area (Å²) in [5.41, 5.74) is 2.01. The Kier molecular flexibility index (Phi) is 5.00. The lowest BCUT2D eigenvalue weighted by atomic mass is 10.2. The number of carbonyl (C=O) groups is 1. The van der Waals surface area contributed by atoms with Gasteiger partial charge in [0, 0.05) is 16.8 Å². The second-order valence-corrected chi connectivity index (χ2v) is 5.89. The highest BCUT2D eigenvalue weighted by Crippen LogP contribution is 2.25. The predicted octanol–water partition coefficient (Wildman–Crippen LogP) is 4.01. The standard InChI is InChI=1S/C18H17ClN4O2/c1-11-14(19)6-3-7-15(11)23-17-9-16(21-12(2)22-17)18(24)20-10-13-5-4-8-25-13/h3-9H,10H2,1-2H3,(H,20,24)(H,21,22,23). The molecule has 1 aromatic carbocycles. The molecule has 3 rings (SSSR count). The largest absolute Gasteiger partial charge is 0.467 e. The highest BCUT2D eigenvalue weighted by atomic mass is 35.5. The maximum atomic E-state index is 12.3. The maximum absolute atomic E-state index is 12.3. The normalized spacial score (nSPS) is 10.5. The van der Waals surface area contributed by atoms with Gasteiger partial charge in [-0.25, -0.2) is 9.97 Å². The van der Waals surface area contributed by atoms with E-state index in [2.05, 4.69) is 20.6 Å². The van der Waals surface area contributed by atoms with Crippen LogP contribution >= 0.6 is 11.6 Å². The van der Waals surface area contributed by atoms with E-state index in [1.165, 1.54) is 0 Å². The second kappa shape index (κ2) is 7.36. The van der Waals surface area contributed by atoms with Gasteiger partial charge in [-0.3, -0.25) is 4.79 Å². The summed E-state index contributed by atoms with van der Waals surface area (Å²) in [5.74, 6) is 1.40. The molecule has 1 amide bonds. The van der Waals surface area contributed by atoms with E-state index in [9.17, 15) is 4.79 Å². The summed E-state index contributed by atoms with van der Waals surface area (Å²) >= 11 is 6.14. The van der Waals surface area contributed by atoms with Crippen LogP contribution in [0.5, 0.6) is 0 Å². The Morgan fingerprint density at radius 2 is 2.04 bits per heavy atom. The molecule has 0 saturated carbocycles. The molecule has 0 radical (unpaired) electrons. The third kappa shape index (κ3) is 4.16. The van der Waals surface area contributed by atoms with Gasteiger partial charge in [-0.15, -0.1) is 0 Å². The Balaban J connectivity index is 1.78. The molecule has 0 atom stereocenters. The van der Waals surface area contributed by atoms with Gasteiger partial charge in [-0.1, -0.05) is 17.7 Å². The summed E-state index contributed by atoms with van der Waals surface area (Å²) < 4.78 is 5.20. The number of benzene rings is 1. The number of furan rings is 1. The van der Waals surface area contributed by atoms with Crippen LogP contribution in [0.4, 0.5) is 11.5 Å². The number of nitrogens with zero attached hydrogens (tertiary/aromatic N) is 2. The van der Waals surface area contributed by atoms with Gasteiger partial charge in [-0.2, -0.15) is 0 Å². The number of carbonyl (C=O) groups excluding carboxylic acids is 1. The van der Waals surface area contributed by atoms with Crippen molar-refractivity contribution >= 4 is 29.0 Å². The first kappa shape index (κ1) is 17.0. The van der Waals surface area contributed by atoms with E-state index < -0.39 is 0 Å². The van der Waals surface area contributed by atoms with E-state index in [0.717, 1.165) is 11.3 Å². The smallest absolute Gasteiger partial charge is 0.270 e. The van der Waals surface area contributed by atoms with E-state index in [1.807, 2.05) is 25.1 Å². The van der Waals surface area contributed by atoms with Crippen LogP contribution < -0.4 is 10.6 Å². The quantitative estimate of drug-likeness (QED) is 0.721. The van der Waals surface area contributed by atoms with E-state index in [1.54, 1.807) is 31.4 Å². The number of rotatable bonds is 5. The van der Waals surface area contributed by atoms with Gasteiger partial charge in [-0.05, 0) is 43.7 Å². The van der Waals surface area contributed by atoms with Gasteiger partial charge in [0.2, 0.25) is 0 Å². The minimum Gasteiger partial charge on any atom is -0.467 e. The molecule has 0 bridgehead atoms. The fourth-order valence-corrected chi connectivity index (χ4v) is 2.47. The molecule has 0 fully saturated rings. The van der Waals surface area contributed by atoms with Crippen LogP contribution in [0.2, 0.25) is 5.02 Å². The van der Waals surface area contributed by atoms with Gasteiger partial charge >= 0.3 is 0 Å². The molecule has 0 aliphatic heterocycles. The van der Waals surface area contributed by atoms with Crippen LogP contribution in [0, 0.1) is 13.8 Å². The number of anilines is 2. The molecule has 3 aromatic rings. The van der Waals surface area contributed by atoms with Crippen molar-refractivity contribution in [2.75, 3.05) is 5.32 Å². The van der Waals surface area contributed by atoms with Crippen LogP contribution in [0.3, 0.4) is 0 Å². The molecule has 0 saturated heterocycles. The minimum atomic E-state index is -0.298. The van der Waals surface area contributed by atoms with Gasteiger partial charge < -0.3 is 15.1 Å². The van der Waals surface area contributed by atoms with Crippen molar-refractivity contribution in [3.63, 3.8) is 0 Å². The van der Waals surface area contributed by atoms with Crippen LogP contribution in [-0.2, 0) is 6.54 Å². The zero-order valence-electron chi connectivity index (χ0n) is 13.8. The number of aromatic nitrogens is 2. The van der Waals surface area contributed by atoms with E-state index in [4.69, 9.17) is 16.0 Å². The van der Waals surface area contributed by atoms with Gasteiger partial charge in [0.1, 0.15) is 23.1 Å². The molecule has 2 heterocycles. The Bertz CT molecular complexity index is 894. The first-order valence-electron chi connectivity index (χ1n) is 7.71. The Morgan fingerprint density at radius 1 is 1.20 bits per heavy atom.